The molecule has 6 nitrogen and oxygen atoms in total. The Balaban J connectivity index is 1.78. The van der Waals surface area contributed by atoms with Crippen molar-refractivity contribution in [3.05, 3.63) is 59.4 Å². The van der Waals surface area contributed by atoms with Crippen molar-refractivity contribution in [3.8, 4) is 5.75 Å². The maximum Gasteiger partial charge on any atom is 0.337 e. The minimum Gasteiger partial charge on any atom is -0.467 e. The van der Waals surface area contributed by atoms with Gasteiger partial charge in [-0.3, -0.25) is 4.90 Å². The first-order valence-electron chi connectivity index (χ1n) is 8.19. The molecule has 1 saturated heterocycles. The molecule has 2 aromatic rings. The van der Waals surface area contributed by atoms with Crippen LogP contribution in [0.2, 0.25) is 0 Å². The molecule has 2 atom stereocenters. The van der Waals surface area contributed by atoms with Crippen LogP contribution < -0.4 is 15.0 Å². The molecule has 1 N–H and O–H groups in total. The Morgan fingerprint density at radius 2 is 2.12 bits per heavy atom. The fourth-order valence-electron chi connectivity index (χ4n) is 3.62. The van der Waals surface area contributed by atoms with E-state index in [0.717, 1.165) is 0 Å². The predicted molar refractivity (Wildman–Crippen MR) is 91.6 cm³/mol. The number of nitrogens with zero attached hydrogens (tertiary/aromatic N) is 1. The summed E-state index contributed by atoms with van der Waals surface area (Å²) in [6.07, 6.45) is 0.407. The third-order valence-corrected chi connectivity index (χ3v) is 4.79. The van der Waals surface area contributed by atoms with Gasteiger partial charge in [0.25, 0.3) is 0 Å². The van der Waals surface area contributed by atoms with Crippen LogP contribution in [0.5, 0.6) is 5.75 Å². The van der Waals surface area contributed by atoms with Crippen LogP contribution in [0.1, 0.15) is 35.3 Å². The predicted octanol–water partition coefficient (Wildman–Crippen LogP) is 3.38. The van der Waals surface area contributed by atoms with E-state index in [-0.39, 0.29) is 11.7 Å². The monoisotopic (exact) mass is 356 g/mol. The van der Waals surface area contributed by atoms with E-state index >= 15 is 0 Å². The van der Waals surface area contributed by atoms with Crippen LogP contribution >= 0.6 is 0 Å². The van der Waals surface area contributed by atoms with Crippen LogP contribution in [-0.4, -0.2) is 24.8 Å². The van der Waals surface area contributed by atoms with Crippen LogP contribution in [0, 0.1) is 5.82 Å². The molecule has 0 aromatic heterocycles. The van der Waals surface area contributed by atoms with Crippen molar-refractivity contribution in [3.63, 3.8) is 0 Å². The van der Waals surface area contributed by atoms with E-state index < -0.39 is 23.5 Å². The number of urea groups is 1. The fraction of sp³-hybridized carbons (Fsp3) is 0.263. The number of methoxy groups -OCH3 is 1. The molecule has 0 radical (unpaired) electrons. The summed E-state index contributed by atoms with van der Waals surface area (Å²) >= 11 is 0. The lowest BCUT2D eigenvalue weighted by Gasteiger charge is -2.50. The minimum atomic E-state index is -1.05. The lowest BCUT2D eigenvalue weighted by atomic mass is 9.89. The van der Waals surface area contributed by atoms with E-state index in [4.69, 9.17) is 9.47 Å². The molecular weight excluding hydrogens is 339 g/mol. The Bertz CT molecular complexity index is 916. The van der Waals surface area contributed by atoms with Gasteiger partial charge in [-0.15, -0.1) is 0 Å². The number of amides is 2. The van der Waals surface area contributed by atoms with Crippen molar-refractivity contribution < 1.29 is 23.5 Å². The topological polar surface area (TPSA) is 67.9 Å². The number of carbonyl (C=O) groups excluding carboxylic acids is 2. The lowest BCUT2D eigenvalue weighted by molar-refractivity contribution is 0.0372. The summed E-state index contributed by atoms with van der Waals surface area (Å²) in [5.41, 5.74) is 0.186. The number of fused-ring (bicyclic) bond motifs is 4. The number of esters is 1. The number of para-hydroxylation sites is 1. The first-order chi connectivity index (χ1) is 12.4. The summed E-state index contributed by atoms with van der Waals surface area (Å²) in [4.78, 5) is 25.8. The lowest BCUT2D eigenvalue weighted by Crippen LogP contribution is -2.65. The van der Waals surface area contributed by atoms with Crippen molar-refractivity contribution in [1.29, 1.82) is 0 Å². The van der Waals surface area contributed by atoms with Gasteiger partial charge in [0.15, 0.2) is 5.72 Å². The number of nitrogens with one attached hydrogen (secondary N) is 1. The highest BCUT2D eigenvalue weighted by molar-refractivity contribution is 5.95. The Hall–Kier alpha value is -3.09. The van der Waals surface area contributed by atoms with E-state index in [1.807, 2.05) is 0 Å². The third-order valence-electron chi connectivity index (χ3n) is 4.79. The zero-order valence-corrected chi connectivity index (χ0v) is 14.3. The fourth-order valence-corrected chi connectivity index (χ4v) is 3.62. The first-order valence-corrected chi connectivity index (χ1v) is 8.19. The summed E-state index contributed by atoms with van der Waals surface area (Å²) < 4.78 is 25.1. The molecule has 0 unspecified atom stereocenters. The van der Waals surface area contributed by atoms with Gasteiger partial charge in [0, 0.05) is 12.0 Å². The second-order valence-electron chi connectivity index (χ2n) is 6.51. The van der Waals surface area contributed by atoms with Gasteiger partial charge in [0.2, 0.25) is 0 Å². The SMILES string of the molecule is COC(=O)c1ccc2c(c1)[C@H]1C[C@](C)(O2)N(c2ccccc2F)C(=O)N1. The standard InChI is InChI=1S/C19H17FN2O4/c1-19-10-14(12-9-11(17(23)25-2)7-8-16(12)26-19)21-18(24)22(19)15-6-4-3-5-13(15)20/h3-9,14H,10H2,1-2H3,(H,21,24)/t14-,19+/m1/s1. The van der Waals surface area contributed by atoms with Gasteiger partial charge < -0.3 is 14.8 Å². The minimum absolute atomic E-state index is 0.153. The van der Waals surface area contributed by atoms with Crippen molar-refractivity contribution in [2.75, 3.05) is 12.0 Å². The summed E-state index contributed by atoms with van der Waals surface area (Å²) in [7, 11) is 1.31. The molecule has 0 aliphatic carbocycles. The van der Waals surface area contributed by atoms with Crippen molar-refractivity contribution in [2.24, 2.45) is 0 Å². The van der Waals surface area contributed by atoms with E-state index in [9.17, 15) is 14.0 Å². The van der Waals surface area contributed by atoms with Crippen molar-refractivity contribution >= 4 is 17.7 Å². The van der Waals surface area contributed by atoms with Crippen LogP contribution in [0.15, 0.2) is 42.5 Å². The van der Waals surface area contributed by atoms with Gasteiger partial charge in [-0.2, -0.15) is 0 Å². The highest BCUT2D eigenvalue weighted by Gasteiger charge is 2.50. The number of hydrogen-bond acceptors (Lipinski definition) is 4. The number of anilines is 1. The Kier molecular flexibility index (Phi) is 3.61. The average molecular weight is 356 g/mol. The Morgan fingerprint density at radius 3 is 2.85 bits per heavy atom. The molecule has 2 aliphatic heterocycles. The molecule has 0 spiro atoms. The summed E-state index contributed by atoms with van der Waals surface area (Å²) in [5.74, 6) is -0.424. The van der Waals surface area contributed by atoms with Crippen molar-refractivity contribution in [2.45, 2.75) is 25.1 Å². The maximum absolute atomic E-state index is 14.3. The van der Waals surface area contributed by atoms with Crippen LogP contribution in [0.3, 0.4) is 0 Å². The second-order valence-corrected chi connectivity index (χ2v) is 6.51. The van der Waals surface area contributed by atoms with Crippen LogP contribution in [0.25, 0.3) is 0 Å². The highest BCUT2D eigenvalue weighted by Crippen LogP contribution is 2.46. The molecule has 134 valence electrons. The number of rotatable bonds is 2. The molecule has 2 heterocycles. The van der Waals surface area contributed by atoms with E-state index in [1.54, 1.807) is 43.3 Å². The maximum atomic E-state index is 14.3. The normalized spacial score (nSPS) is 23.6. The third kappa shape index (κ3) is 2.39. The van der Waals surface area contributed by atoms with Gasteiger partial charge in [-0.05, 0) is 37.3 Å². The quantitative estimate of drug-likeness (QED) is 0.838. The van der Waals surface area contributed by atoms with Crippen LogP contribution in [0.4, 0.5) is 14.9 Å². The van der Waals surface area contributed by atoms with Gasteiger partial charge in [0.1, 0.15) is 11.6 Å². The molecule has 0 saturated carbocycles. The Morgan fingerprint density at radius 1 is 1.35 bits per heavy atom. The van der Waals surface area contributed by atoms with Gasteiger partial charge >= 0.3 is 12.0 Å². The molecule has 2 aliphatic rings. The molecule has 2 bridgehead atoms. The van der Waals surface area contributed by atoms with Gasteiger partial charge in [0.05, 0.1) is 24.4 Å². The average Bonchev–Trinajstić information content (AvgIpc) is 2.61. The Labute approximate surface area is 149 Å². The highest BCUT2D eigenvalue weighted by atomic mass is 19.1. The largest absolute Gasteiger partial charge is 0.467 e. The smallest absolute Gasteiger partial charge is 0.337 e. The second kappa shape index (κ2) is 5.72. The molecule has 7 heteroatoms. The molecule has 26 heavy (non-hydrogen) atoms. The molecule has 2 aromatic carbocycles. The first kappa shape index (κ1) is 16.4. The summed E-state index contributed by atoms with van der Waals surface area (Å²) in [6.45, 7) is 1.75. The summed E-state index contributed by atoms with van der Waals surface area (Å²) in [5, 5.41) is 2.88. The van der Waals surface area contributed by atoms with E-state index in [2.05, 4.69) is 5.32 Å². The zero-order chi connectivity index (χ0) is 18.5. The number of carbonyl (C=O) groups is 2. The molecule has 2 amide bonds. The molecule has 4 rings (SSSR count). The summed E-state index contributed by atoms with van der Waals surface area (Å²) in [6, 6.07) is 10.2. The van der Waals surface area contributed by atoms with Crippen LogP contribution in [-0.2, 0) is 4.74 Å². The van der Waals surface area contributed by atoms with E-state index in [0.29, 0.717) is 23.3 Å². The molecule has 1 fully saturated rings. The van der Waals surface area contributed by atoms with Gasteiger partial charge in [-0.25, -0.2) is 14.0 Å². The molecular formula is C19H17FN2O4. The van der Waals surface area contributed by atoms with Crippen molar-refractivity contribution in [1.82, 2.24) is 5.32 Å². The van der Waals surface area contributed by atoms with E-state index in [1.165, 1.54) is 18.1 Å². The zero-order valence-electron chi connectivity index (χ0n) is 14.3. The van der Waals surface area contributed by atoms with Gasteiger partial charge in [-0.1, -0.05) is 12.1 Å². The number of halogens is 1. The number of ether oxygens (including phenoxy) is 2. The number of hydrogen-bond donors (Lipinski definition) is 1. The number of benzene rings is 2.